The molecule has 27 heavy (non-hydrogen) atoms. The van der Waals surface area contributed by atoms with Gasteiger partial charge in [0.2, 0.25) is 5.95 Å². The van der Waals surface area contributed by atoms with Crippen molar-refractivity contribution in [3.8, 4) is 0 Å². The van der Waals surface area contributed by atoms with E-state index in [1.165, 1.54) is 36.8 Å². The van der Waals surface area contributed by atoms with Crippen LogP contribution in [0, 0.1) is 0 Å². The van der Waals surface area contributed by atoms with Gasteiger partial charge in [0, 0.05) is 19.1 Å². The summed E-state index contributed by atoms with van der Waals surface area (Å²) in [6.45, 7) is 2.21. The normalized spacial score (nSPS) is 17.0. The number of rotatable bonds is 6. The van der Waals surface area contributed by atoms with Gasteiger partial charge in [0.1, 0.15) is 0 Å². The predicted molar refractivity (Wildman–Crippen MR) is 110 cm³/mol. The molecule has 2 aromatic carbocycles. The van der Waals surface area contributed by atoms with Gasteiger partial charge in [0.15, 0.2) is 5.16 Å². The maximum atomic E-state index is 4.65. The Morgan fingerprint density at radius 3 is 1.96 bits per heavy atom. The van der Waals surface area contributed by atoms with Crippen molar-refractivity contribution in [1.29, 1.82) is 0 Å². The highest BCUT2D eigenvalue weighted by Gasteiger charge is 2.33. The number of hydrogen-bond acceptors (Lipinski definition) is 4. The Morgan fingerprint density at radius 1 is 0.815 bits per heavy atom. The summed E-state index contributed by atoms with van der Waals surface area (Å²) in [5.41, 5.74) is 2.61. The average molecular weight is 377 g/mol. The molecule has 138 valence electrons. The van der Waals surface area contributed by atoms with E-state index in [9.17, 15) is 0 Å². The number of nitrogens with zero attached hydrogens (tertiary/aromatic N) is 4. The van der Waals surface area contributed by atoms with Gasteiger partial charge in [-0.15, -0.1) is 10.2 Å². The molecule has 0 unspecified atom stereocenters. The van der Waals surface area contributed by atoms with Crippen LogP contribution in [0.2, 0.25) is 0 Å². The highest BCUT2D eigenvalue weighted by molar-refractivity contribution is 7.99. The standard InChI is InChI=1S/C22H24N4S/c1-3-9-17(10-4-1)20(18-11-5-2-6-12-18)27-22-24-23-21(25-15-7-8-16-25)26(22)19-13-14-19/h1-6,9-12,19-20H,7-8,13-16H2. The van der Waals surface area contributed by atoms with Crippen molar-refractivity contribution in [1.82, 2.24) is 14.8 Å². The van der Waals surface area contributed by atoms with Crippen LogP contribution in [0.15, 0.2) is 65.8 Å². The quantitative estimate of drug-likeness (QED) is 0.561. The summed E-state index contributed by atoms with van der Waals surface area (Å²) < 4.78 is 2.41. The van der Waals surface area contributed by atoms with Crippen LogP contribution in [0.25, 0.3) is 0 Å². The minimum absolute atomic E-state index is 0.223. The van der Waals surface area contributed by atoms with Crippen molar-refractivity contribution in [2.75, 3.05) is 18.0 Å². The molecule has 1 saturated carbocycles. The van der Waals surface area contributed by atoms with Gasteiger partial charge in [-0.05, 0) is 36.8 Å². The third-order valence-electron chi connectivity index (χ3n) is 5.38. The molecule has 0 bridgehead atoms. The lowest BCUT2D eigenvalue weighted by Crippen LogP contribution is -2.22. The van der Waals surface area contributed by atoms with E-state index in [4.69, 9.17) is 0 Å². The summed E-state index contributed by atoms with van der Waals surface area (Å²) in [6.07, 6.45) is 5.01. The van der Waals surface area contributed by atoms with Gasteiger partial charge >= 0.3 is 0 Å². The smallest absolute Gasteiger partial charge is 0.228 e. The van der Waals surface area contributed by atoms with Crippen molar-refractivity contribution in [3.05, 3.63) is 71.8 Å². The van der Waals surface area contributed by atoms with Gasteiger partial charge < -0.3 is 4.90 Å². The van der Waals surface area contributed by atoms with Gasteiger partial charge in [-0.2, -0.15) is 0 Å². The van der Waals surface area contributed by atoms with E-state index in [1.54, 1.807) is 0 Å². The third-order valence-corrected chi connectivity index (χ3v) is 6.64. The molecule has 4 nitrogen and oxygen atoms in total. The molecule has 1 saturated heterocycles. The van der Waals surface area contributed by atoms with Crippen LogP contribution in [0.3, 0.4) is 0 Å². The molecule has 5 rings (SSSR count). The zero-order valence-electron chi connectivity index (χ0n) is 15.4. The highest BCUT2D eigenvalue weighted by Crippen LogP contribution is 2.46. The molecule has 5 heteroatoms. The molecule has 2 heterocycles. The molecule has 2 fully saturated rings. The Hall–Kier alpha value is -2.27. The number of anilines is 1. The zero-order valence-corrected chi connectivity index (χ0v) is 16.2. The van der Waals surface area contributed by atoms with Gasteiger partial charge in [-0.3, -0.25) is 4.57 Å². The van der Waals surface area contributed by atoms with E-state index in [2.05, 4.69) is 80.3 Å². The summed E-state index contributed by atoms with van der Waals surface area (Å²) in [7, 11) is 0. The molecule has 0 amide bonds. The van der Waals surface area contributed by atoms with E-state index in [0.717, 1.165) is 24.2 Å². The van der Waals surface area contributed by atoms with E-state index in [0.29, 0.717) is 6.04 Å². The molecular formula is C22H24N4S. The first-order chi connectivity index (χ1) is 13.4. The topological polar surface area (TPSA) is 34.0 Å². The summed E-state index contributed by atoms with van der Waals surface area (Å²) in [5, 5.41) is 10.5. The van der Waals surface area contributed by atoms with Crippen molar-refractivity contribution >= 4 is 17.7 Å². The molecule has 0 radical (unpaired) electrons. The fourth-order valence-electron chi connectivity index (χ4n) is 3.82. The van der Waals surface area contributed by atoms with Crippen molar-refractivity contribution in [2.45, 2.75) is 42.1 Å². The predicted octanol–water partition coefficient (Wildman–Crippen LogP) is 5.09. The summed E-state index contributed by atoms with van der Waals surface area (Å²) in [5.74, 6) is 1.08. The molecule has 1 aliphatic heterocycles. The molecule has 2 aliphatic rings. The van der Waals surface area contributed by atoms with Gasteiger partial charge in [-0.1, -0.05) is 72.4 Å². The fraction of sp³-hybridized carbons (Fsp3) is 0.364. The van der Waals surface area contributed by atoms with Crippen molar-refractivity contribution < 1.29 is 0 Å². The van der Waals surface area contributed by atoms with Crippen molar-refractivity contribution in [2.24, 2.45) is 0 Å². The second-order valence-electron chi connectivity index (χ2n) is 7.40. The third kappa shape index (κ3) is 3.48. The first kappa shape index (κ1) is 16.9. The minimum Gasteiger partial charge on any atom is -0.341 e. The summed E-state index contributed by atoms with van der Waals surface area (Å²) in [4.78, 5) is 2.41. The Bertz CT molecular complexity index is 844. The summed E-state index contributed by atoms with van der Waals surface area (Å²) in [6, 6.07) is 22.1. The molecule has 3 aromatic rings. The number of benzene rings is 2. The molecule has 0 atom stereocenters. The van der Waals surface area contributed by atoms with Gasteiger partial charge in [0.05, 0.1) is 5.25 Å². The number of aromatic nitrogens is 3. The number of hydrogen-bond donors (Lipinski definition) is 0. The fourth-order valence-corrected chi connectivity index (χ4v) is 5.05. The SMILES string of the molecule is c1ccc(C(Sc2nnc(N3CCCC3)n2C2CC2)c2ccccc2)cc1. The second-order valence-corrected chi connectivity index (χ2v) is 8.47. The maximum absolute atomic E-state index is 4.65. The highest BCUT2D eigenvalue weighted by atomic mass is 32.2. The maximum Gasteiger partial charge on any atom is 0.228 e. The molecule has 1 aliphatic carbocycles. The molecular weight excluding hydrogens is 352 g/mol. The average Bonchev–Trinajstić information content (AvgIpc) is 3.25. The lowest BCUT2D eigenvalue weighted by Gasteiger charge is -2.20. The Morgan fingerprint density at radius 2 is 1.41 bits per heavy atom. The lowest BCUT2D eigenvalue weighted by molar-refractivity contribution is 0.651. The lowest BCUT2D eigenvalue weighted by atomic mass is 10.0. The van der Waals surface area contributed by atoms with Crippen LogP contribution in [-0.2, 0) is 0 Å². The van der Waals surface area contributed by atoms with Crippen LogP contribution in [0.4, 0.5) is 5.95 Å². The Labute approximate surface area is 164 Å². The van der Waals surface area contributed by atoms with Crippen LogP contribution in [0.5, 0.6) is 0 Å². The van der Waals surface area contributed by atoms with Crippen LogP contribution in [-0.4, -0.2) is 27.9 Å². The second kappa shape index (κ2) is 7.39. The van der Waals surface area contributed by atoms with Crippen LogP contribution >= 0.6 is 11.8 Å². The van der Waals surface area contributed by atoms with E-state index < -0.39 is 0 Å². The molecule has 0 N–H and O–H groups in total. The Balaban J connectivity index is 1.51. The monoisotopic (exact) mass is 376 g/mol. The van der Waals surface area contributed by atoms with Crippen LogP contribution in [0.1, 0.15) is 48.1 Å². The minimum atomic E-state index is 0.223. The molecule has 1 aromatic heterocycles. The zero-order chi connectivity index (χ0) is 18.1. The van der Waals surface area contributed by atoms with E-state index in [1.807, 2.05) is 11.8 Å². The largest absolute Gasteiger partial charge is 0.341 e. The number of thioether (sulfide) groups is 1. The van der Waals surface area contributed by atoms with Gasteiger partial charge in [-0.25, -0.2) is 0 Å². The summed E-state index contributed by atoms with van der Waals surface area (Å²) >= 11 is 1.83. The van der Waals surface area contributed by atoms with E-state index in [-0.39, 0.29) is 5.25 Å². The Kier molecular flexibility index (Phi) is 4.62. The van der Waals surface area contributed by atoms with E-state index >= 15 is 0 Å². The first-order valence-electron chi connectivity index (χ1n) is 9.86. The van der Waals surface area contributed by atoms with Gasteiger partial charge in [0.25, 0.3) is 0 Å². The first-order valence-corrected chi connectivity index (χ1v) is 10.7. The molecule has 0 spiro atoms. The van der Waals surface area contributed by atoms with Crippen LogP contribution < -0.4 is 4.90 Å². The van der Waals surface area contributed by atoms with Crippen molar-refractivity contribution in [3.63, 3.8) is 0 Å².